The number of nitrogens with one attached hydrogen (secondary N) is 2. The van der Waals surface area contributed by atoms with Gasteiger partial charge in [0.25, 0.3) is 11.8 Å². The molecule has 2 unspecified atom stereocenters. The van der Waals surface area contributed by atoms with Crippen molar-refractivity contribution in [3.8, 4) is 0 Å². The van der Waals surface area contributed by atoms with Gasteiger partial charge in [0.1, 0.15) is 6.10 Å². The van der Waals surface area contributed by atoms with E-state index in [0.717, 1.165) is 12.0 Å². The van der Waals surface area contributed by atoms with E-state index >= 15 is 0 Å². The Balaban J connectivity index is 2.03. The highest BCUT2D eigenvalue weighted by atomic mass is 16.5. The molecule has 1 aliphatic rings. The number of rotatable bonds is 4. The minimum Gasteiger partial charge on any atom is -0.364 e. The molecular weight excluding hydrogens is 270 g/mol. The number of carbonyl (C=O) groups excluding carboxylic acids is 2. The van der Waals surface area contributed by atoms with Crippen molar-refractivity contribution in [2.75, 3.05) is 18.9 Å². The van der Waals surface area contributed by atoms with Crippen LogP contribution >= 0.6 is 0 Å². The summed E-state index contributed by atoms with van der Waals surface area (Å²) in [6.07, 6.45) is 1.01. The SMILES string of the molecule is CNC(=O)c1ccc(NC(=O)C2CCC(CN)O2)c(C)c1. The second kappa shape index (κ2) is 6.69. The Hall–Kier alpha value is -1.92. The summed E-state index contributed by atoms with van der Waals surface area (Å²) in [4.78, 5) is 23.7. The van der Waals surface area contributed by atoms with Crippen molar-refractivity contribution in [2.45, 2.75) is 32.0 Å². The highest BCUT2D eigenvalue weighted by Crippen LogP contribution is 2.22. The van der Waals surface area contributed by atoms with Crippen molar-refractivity contribution < 1.29 is 14.3 Å². The van der Waals surface area contributed by atoms with Crippen LogP contribution in [0.1, 0.15) is 28.8 Å². The number of benzene rings is 1. The first-order chi connectivity index (χ1) is 10.0. The summed E-state index contributed by atoms with van der Waals surface area (Å²) in [5.74, 6) is -0.317. The van der Waals surface area contributed by atoms with Crippen LogP contribution in [0, 0.1) is 6.92 Å². The Labute approximate surface area is 124 Å². The average molecular weight is 291 g/mol. The first kappa shape index (κ1) is 15.5. The molecule has 0 aromatic heterocycles. The van der Waals surface area contributed by atoms with E-state index in [1.165, 1.54) is 0 Å². The molecule has 1 fully saturated rings. The van der Waals surface area contributed by atoms with Gasteiger partial charge in [-0.3, -0.25) is 9.59 Å². The predicted octanol–water partition coefficient (Wildman–Crippen LogP) is 0.799. The van der Waals surface area contributed by atoms with E-state index in [-0.39, 0.29) is 17.9 Å². The third-order valence-corrected chi connectivity index (χ3v) is 3.64. The molecule has 0 radical (unpaired) electrons. The fraction of sp³-hybridized carbons (Fsp3) is 0.467. The molecule has 114 valence electrons. The van der Waals surface area contributed by atoms with E-state index in [1.54, 1.807) is 25.2 Å². The van der Waals surface area contributed by atoms with E-state index in [9.17, 15) is 9.59 Å². The van der Waals surface area contributed by atoms with E-state index in [2.05, 4.69) is 10.6 Å². The van der Waals surface area contributed by atoms with Crippen LogP contribution in [0.15, 0.2) is 18.2 Å². The van der Waals surface area contributed by atoms with Crippen molar-refractivity contribution >= 4 is 17.5 Å². The molecule has 0 saturated carbocycles. The van der Waals surface area contributed by atoms with Gasteiger partial charge in [0.2, 0.25) is 0 Å². The lowest BCUT2D eigenvalue weighted by Gasteiger charge is -2.14. The molecule has 1 saturated heterocycles. The van der Waals surface area contributed by atoms with Gasteiger partial charge in [-0.1, -0.05) is 0 Å². The Morgan fingerprint density at radius 3 is 2.71 bits per heavy atom. The molecule has 2 rings (SSSR count). The molecule has 0 bridgehead atoms. The molecule has 2 atom stereocenters. The van der Waals surface area contributed by atoms with Gasteiger partial charge >= 0.3 is 0 Å². The fourth-order valence-corrected chi connectivity index (χ4v) is 2.37. The van der Waals surface area contributed by atoms with Crippen molar-refractivity contribution in [1.29, 1.82) is 0 Å². The zero-order chi connectivity index (χ0) is 15.4. The first-order valence-corrected chi connectivity index (χ1v) is 7.04. The quantitative estimate of drug-likeness (QED) is 0.765. The first-order valence-electron chi connectivity index (χ1n) is 7.04. The van der Waals surface area contributed by atoms with Crippen molar-refractivity contribution in [3.05, 3.63) is 29.3 Å². The summed E-state index contributed by atoms with van der Waals surface area (Å²) < 4.78 is 5.56. The largest absolute Gasteiger partial charge is 0.364 e. The molecule has 21 heavy (non-hydrogen) atoms. The standard InChI is InChI=1S/C15H21N3O3/c1-9-7-10(14(19)17-2)3-5-12(9)18-15(20)13-6-4-11(8-16)21-13/h3,5,7,11,13H,4,6,8,16H2,1-2H3,(H,17,19)(H,18,20). The Morgan fingerprint density at radius 2 is 2.14 bits per heavy atom. The van der Waals surface area contributed by atoms with Gasteiger partial charge < -0.3 is 21.1 Å². The van der Waals surface area contributed by atoms with Crippen molar-refractivity contribution in [1.82, 2.24) is 5.32 Å². The van der Waals surface area contributed by atoms with Crippen molar-refractivity contribution in [3.63, 3.8) is 0 Å². The highest BCUT2D eigenvalue weighted by molar-refractivity contribution is 5.97. The van der Waals surface area contributed by atoms with Crippen LogP contribution < -0.4 is 16.4 Å². The monoisotopic (exact) mass is 291 g/mol. The number of amides is 2. The fourth-order valence-electron chi connectivity index (χ4n) is 2.37. The number of anilines is 1. The van der Waals surface area contributed by atoms with E-state index in [4.69, 9.17) is 10.5 Å². The van der Waals surface area contributed by atoms with Crippen LogP contribution in [-0.4, -0.2) is 37.6 Å². The van der Waals surface area contributed by atoms with Crippen molar-refractivity contribution in [2.24, 2.45) is 5.73 Å². The van der Waals surface area contributed by atoms with Gasteiger partial charge in [-0.2, -0.15) is 0 Å². The van der Waals surface area contributed by atoms with E-state index in [0.29, 0.717) is 24.2 Å². The molecule has 6 nitrogen and oxygen atoms in total. The van der Waals surface area contributed by atoms with Crippen LogP contribution in [-0.2, 0) is 9.53 Å². The van der Waals surface area contributed by atoms with Gasteiger partial charge in [-0.15, -0.1) is 0 Å². The number of carbonyl (C=O) groups is 2. The minimum atomic E-state index is -0.448. The van der Waals surface area contributed by atoms with E-state index < -0.39 is 6.10 Å². The molecule has 4 N–H and O–H groups in total. The van der Waals surface area contributed by atoms with Crippen LogP contribution in [0.25, 0.3) is 0 Å². The lowest BCUT2D eigenvalue weighted by atomic mass is 10.1. The summed E-state index contributed by atoms with van der Waals surface area (Å²) in [6, 6.07) is 5.15. The number of aryl methyl sites for hydroxylation is 1. The van der Waals surface area contributed by atoms with Crippen LogP contribution in [0.4, 0.5) is 5.69 Å². The topological polar surface area (TPSA) is 93.5 Å². The van der Waals surface area contributed by atoms with Gasteiger partial charge in [0.15, 0.2) is 0 Å². The zero-order valence-electron chi connectivity index (χ0n) is 12.3. The Morgan fingerprint density at radius 1 is 1.38 bits per heavy atom. The van der Waals surface area contributed by atoms with Gasteiger partial charge in [0, 0.05) is 24.8 Å². The number of nitrogens with two attached hydrogens (primary N) is 1. The molecule has 1 aromatic rings. The molecule has 1 aliphatic heterocycles. The maximum Gasteiger partial charge on any atom is 0.253 e. The van der Waals surface area contributed by atoms with Crippen LogP contribution in [0.5, 0.6) is 0 Å². The minimum absolute atomic E-state index is 0.0301. The second-order valence-electron chi connectivity index (χ2n) is 5.16. The smallest absolute Gasteiger partial charge is 0.253 e. The number of hydrogen-bond acceptors (Lipinski definition) is 4. The average Bonchev–Trinajstić information content (AvgIpc) is 2.97. The lowest BCUT2D eigenvalue weighted by molar-refractivity contribution is -0.126. The van der Waals surface area contributed by atoms with E-state index in [1.807, 2.05) is 6.92 Å². The number of hydrogen-bond donors (Lipinski definition) is 3. The third kappa shape index (κ3) is 3.59. The van der Waals surface area contributed by atoms with Gasteiger partial charge in [-0.05, 0) is 43.5 Å². The van der Waals surface area contributed by atoms with Crippen LogP contribution in [0.2, 0.25) is 0 Å². The molecule has 0 spiro atoms. The molecular formula is C15H21N3O3. The maximum atomic E-state index is 12.1. The summed E-state index contributed by atoms with van der Waals surface area (Å²) in [7, 11) is 1.58. The normalized spacial score (nSPS) is 21.1. The summed E-state index contributed by atoms with van der Waals surface area (Å²) in [6.45, 7) is 2.28. The van der Waals surface area contributed by atoms with Gasteiger partial charge in [-0.25, -0.2) is 0 Å². The summed E-state index contributed by atoms with van der Waals surface area (Å²) >= 11 is 0. The summed E-state index contributed by atoms with van der Waals surface area (Å²) in [5, 5.41) is 5.41. The lowest BCUT2D eigenvalue weighted by Crippen LogP contribution is -2.30. The van der Waals surface area contributed by atoms with Gasteiger partial charge in [0.05, 0.1) is 6.10 Å². The maximum absolute atomic E-state index is 12.1. The molecule has 1 aromatic carbocycles. The highest BCUT2D eigenvalue weighted by Gasteiger charge is 2.30. The Kier molecular flexibility index (Phi) is 4.93. The molecule has 0 aliphatic carbocycles. The summed E-state index contributed by atoms with van der Waals surface area (Å²) in [5.41, 5.74) is 7.62. The Bertz CT molecular complexity index is 545. The molecule has 2 amide bonds. The second-order valence-corrected chi connectivity index (χ2v) is 5.16. The zero-order valence-corrected chi connectivity index (χ0v) is 12.3. The molecule has 6 heteroatoms. The molecule has 1 heterocycles. The number of ether oxygens (including phenoxy) is 1. The van der Waals surface area contributed by atoms with Crippen LogP contribution in [0.3, 0.4) is 0 Å². The predicted molar refractivity (Wildman–Crippen MR) is 80.1 cm³/mol. The third-order valence-electron chi connectivity index (χ3n) is 3.64.